The predicted octanol–water partition coefficient (Wildman–Crippen LogP) is 1.08. The monoisotopic (exact) mass is 379 g/mol. The van der Waals surface area contributed by atoms with Crippen LogP contribution in [0.5, 0.6) is 5.75 Å². The summed E-state index contributed by atoms with van der Waals surface area (Å²) in [5, 5.41) is 0. The van der Waals surface area contributed by atoms with E-state index in [4.69, 9.17) is 4.74 Å². The Morgan fingerprint density at radius 1 is 1.22 bits per heavy atom. The van der Waals surface area contributed by atoms with Gasteiger partial charge in [0.15, 0.2) is 0 Å². The summed E-state index contributed by atoms with van der Waals surface area (Å²) in [5.41, 5.74) is 4.59. The second-order valence-electron chi connectivity index (χ2n) is 4.52. The van der Waals surface area contributed by atoms with E-state index in [1.165, 1.54) is 23.9 Å². The second-order valence-corrected chi connectivity index (χ2v) is 5.37. The molecule has 0 atom stereocenters. The molecule has 0 bridgehead atoms. The summed E-state index contributed by atoms with van der Waals surface area (Å²) in [5.74, 6) is -0.407. The van der Waals surface area contributed by atoms with Gasteiger partial charge in [-0.05, 0) is 40.2 Å². The standard InChI is InChI=1S/C15H14BrN3O4/c1-23-12-6-5-10(8-11(12)16)15(22)18-17-13(20)9-19-7-3-2-4-14(19)21/h2-8H,9H2,1H3,(H,17,20)(H,18,22). The molecule has 120 valence electrons. The molecule has 0 radical (unpaired) electrons. The van der Waals surface area contributed by atoms with Crippen molar-refractivity contribution in [3.8, 4) is 5.75 Å². The zero-order valence-electron chi connectivity index (χ0n) is 12.2. The van der Waals surface area contributed by atoms with Crippen LogP contribution >= 0.6 is 15.9 Å². The molecule has 0 aliphatic rings. The van der Waals surface area contributed by atoms with Crippen LogP contribution in [0.25, 0.3) is 0 Å². The zero-order valence-corrected chi connectivity index (χ0v) is 13.8. The van der Waals surface area contributed by atoms with Crippen LogP contribution in [-0.4, -0.2) is 23.5 Å². The van der Waals surface area contributed by atoms with E-state index in [0.717, 1.165) is 0 Å². The predicted molar refractivity (Wildman–Crippen MR) is 87.0 cm³/mol. The first-order chi connectivity index (χ1) is 11.0. The molecule has 2 rings (SSSR count). The van der Waals surface area contributed by atoms with Gasteiger partial charge in [0, 0.05) is 17.8 Å². The lowest BCUT2D eigenvalue weighted by molar-refractivity contribution is -0.122. The molecule has 1 aromatic carbocycles. The van der Waals surface area contributed by atoms with E-state index in [0.29, 0.717) is 15.8 Å². The first-order valence-electron chi connectivity index (χ1n) is 6.59. The third-order valence-electron chi connectivity index (χ3n) is 2.94. The number of methoxy groups -OCH3 is 1. The molecule has 1 heterocycles. The fourth-order valence-corrected chi connectivity index (χ4v) is 2.33. The molecule has 2 N–H and O–H groups in total. The molecular formula is C15H14BrN3O4. The molecule has 23 heavy (non-hydrogen) atoms. The Morgan fingerprint density at radius 3 is 2.65 bits per heavy atom. The maximum Gasteiger partial charge on any atom is 0.269 e. The number of carbonyl (C=O) groups is 2. The van der Waals surface area contributed by atoms with Gasteiger partial charge in [-0.1, -0.05) is 6.07 Å². The molecule has 0 aliphatic heterocycles. The van der Waals surface area contributed by atoms with Gasteiger partial charge in [-0.25, -0.2) is 0 Å². The number of amides is 2. The first kappa shape index (κ1) is 16.8. The van der Waals surface area contributed by atoms with Gasteiger partial charge >= 0.3 is 0 Å². The lowest BCUT2D eigenvalue weighted by Crippen LogP contribution is -2.44. The fourth-order valence-electron chi connectivity index (χ4n) is 1.79. The van der Waals surface area contributed by atoms with Crippen LogP contribution in [-0.2, 0) is 11.3 Å². The van der Waals surface area contributed by atoms with E-state index < -0.39 is 11.8 Å². The number of hydrogen-bond acceptors (Lipinski definition) is 4. The van der Waals surface area contributed by atoms with Gasteiger partial charge in [-0.3, -0.25) is 25.2 Å². The number of halogens is 1. The summed E-state index contributed by atoms with van der Waals surface area (Å²) in [6.07, 6.45) is 1.49. The normalized spacial score (nSPS) is 10.0. The van der Waals surface area contributed by atoms with Crippen molar-refractivity contribution in [3.05, 3.63) is 63.0 Å². The molecule has 0 saturated carbocycles. The molecule has 2 amide bonds. The number of carbonyl (C=O) groups excluding carboxylic acids is 2. The third-order valence-corrected chi connectivity index (χ3v) is 3.56. The van der Waals surface area contributed by atoms with E-state index in [2.05, 4.69) is 26.8 Å². The number of benzene rings is 1. The van der Waals surface area contributed by atoms with Crippen molar-refractivity contribution in [1.82, 2.24) is 15.4 Å². The highest BCUT2D eigenvalue weighted by Crippen LogP contribution is 2.25. The summed E-state index contributed by atoms with van der Waals surface area (Å²) >= 11 is 3.28. The summed E-state index contributed by atoms with van der Waals surface area (Å²) in [7, 11) is 1.52. The number of hydrazine groups is 1. The van der Waals surface area contributed by atoms with Crippen LogP contribution in [0.2, 0.25) is 0 Å². The molecule has 0 saturated heterocycles. The molecule has 0 aliphatic carbocycles. The van der Waals surface area contributed by atoms with E-state index in [-0.39, 0.29) is 12.1 Å². The van der Waals surface area contributed by atoms with Crippen LogP contribution in [0.1, 0.15) is 10.4 Å². The summed E-state index contributed by atoms with van der Waals surface area (Å²) in [6.45, 7) is -0.188. The maximum absolute atomic E-state index is 12.0. The fraction of sp³-hybridized carbons (Fsp3) is 0.133. The van der Waals surface area contributed by atoms with Crippen molar-refractivity contribution in [2.45, 2.75) is 6.54 Å². The lowest BCUT2D eigenvalue weighted by Gasteiger charge is -2.09. The highest BCUT2D eigenvalue weighted by Gasteiger charge is 2.10. The van der Waals surface area contributed by atoms with E-state index in [1.54, 1.807) is 30.3 Å². The molecule has 2 aromatic rings. The number of aromatic nitrogens is 1. The topological polar surface area (TPSA) is 89.4 Å². The Balaban J connectivity index is 1.94. The summed E-state index contributed by atoms with van der Waals surface area (Å²) in [6, 6.07) is 9.34. The van der Waals surface area contributed by atoms with E-state index in [9.17, 15) is 14.4 Å². The number of hydrogen-bond donors (Lipinski definition) is 2. The van der Waals surface area contributed by atoms with Gasteiger partial charge in [0.1, 0.15) is 12.3 Å². The van der Waals surface area contributed by atoms with Crippen molar-refractivity contribution in [2.24, 2.45) is 0 Å². The highest BCUT2D eigenvalue weighted by molar-refractivity contribution is 9.10. The van der Waals surface area contributed by atoms with Crippen LogP contribution in [0.4, 0.5) is 0 Å². The largest absolute Gasteiger partial charge is 0.496 e. The zero-order chi connectivity index (χ0) is 16.8. The molecule has 1 aromatic heterocycles. The number of pyridine rings is 1. The van der Waals surface area contributed by atoms with Gasteiger partial charge in [0.05, 0.1) is 11.6 Å². The van der Waals surface area contributed by atoms with Crippen molar-refractivity contribution in [1.29, 1.82) is 0 Å². The van der Waals surface area contributed by atoms with Crippen LogP contribution in [0.15, 0.2) is 51.9 Å². The van der Waals surface area contributed by atoms with Crippen LogP contribution in [0.3, 0.4) is 0 Å². The summed E-state index contributed by atoms with van der Waals surface area (Å²) in [4.78, 5) is 35.2. The van der Waals surface area contributed by atoms with Crippen molar-refractivity contribution in [2.75, 3.05) is 7.11 Å². The Bertz CT molecular complexity index is 788. The number of rotatable bonds is 4. The number of nitrogens with one attached hydrogen (secondary N) is 2. The Morgan fingerprint density at radius 2 is 2.00 bits per heavy atom. The quantitative estimate of drug-likeness (QED) is 0.777. The molecule has 8 heteroatoms. The van der Waals surface area contributed by atoms with E-state index in [1.807, 2.05) is 0 Å². The van der Waals surface area contributed by atoms with Gasteiger partial charge in [-0.15, -0.1) is 0 Å². The number of ether oxygens (including phenoxy) is 1. The average Bonchev–Trinajstić information content (AvgIpc) is 2.54. The van der Waals surface area contributed by atoms with Crippen LogP contribution < -0.4 is 21.1 Å². The molecular weight excluding hydrogens is 366 g/mol. The molecule has 7 nitrogen and oxygen atoms in total. The third kappa shape index (κ3) is 4.43. The Labute approximate surface area is 140 Å². The second kappa shape index (κ2) is 7.59. The average molecular weight is 380 g/mol. The van der Waals surface area contributed by atoms with Crippen LogP contribution in [0, 0.1) is 0 Å². The highest BCUT2D eigenvalue weighted by atomic mass is 79.9. The SMILES string of the molecule is COc1ccc(C(=O)NNC(=O)Cn2ccccc2=O)cc1Br. The minimum atomic E-state index is -0.515. The van der Waals surface area contributed by atoms with Gasteiger partial charge in [0.2, 0.25) is 0 Å². The van der Waals surface area contributed by atoms with E-state index >= 15 is 0 Å². The van der Waals surface area contributed by atoms with Crippen molar-refractivity contribution in [3.63, 3.8) is 0 Å². The minimum absolute atomic E-state index is 0.188. The summed E-state index contributed by atoms with van der Waals surface area (Å²) < 4.78 is 6.92. The lowest BCUT2D eigenvalue weighted by atomic mass is 10.2. The minimum Gasteiger partial charge on any atom is -0.496 e. The smallest absolute Gasteiger partial charge is 0.269 e. The molecule has 0 spiro atoms. The van der Waals surface area contributed by atoms with Crippen molar-refractivity contribution >= 4 is 27.7 Å². The molecule has 0 fully saturated rings. The Kier molecular flexibility index (Phi) is 5.53. The first-order valence-corrected chi connectivity index (χ1v) is 7.39. The molecule has 0 unspecified atom stereocenters. The van der Waals surface area contributed by atoms with Gasteiger partial charge in [0.25, 0.3) is 17.4 Å². The van der Waals surface area contributed by atoms with Gasteiger partial charge in [-0.2, -0.15) is 0 Å². The maximum atomic E-state index is 12.0. The number of nitrogens with zero attached hydrogens (tertiary/aromatic N) is 1. The van der Waals surface area contributed by atoms with Crippen molar-refractivity contribution < 1.29 is 14.3 Å². The Hall–Kier alpha value is -2.61. The van der Waals surface area contributed by atoms with Gasteiger partial charge < -0.3 is 9.30 Å².